The summed E-state index contributed by atoms with van der Waals surface area (Å²) in [4.78, 5) is 12.9. The second-order valence-electron chi connectivity index (χ2n) is 6.89. The first kappa shape index (κ1) is 23.0. The Morgan fingerprint density at radius 3 is 2.32 bits per heavy atom. The fourth-order valence-electron chi connectivity index (χ4n) is 3.24. The van der Waals surface area contributed by atoms with Crippen LogP contribution < -0.4 is 14.8 Å². The van der Waals surface area contributed by atoms with Gasteiger partial charge in [0.1, 0.15) is 0 Å². The molecule has 3 aromatic rings. The molecule has 0 saturated carbocycles. The summed E-state index contributed by atoms with van der Waals surface area (Å²) in [7, 11) is 0. The number of hydrogen-bond donors (Lipinski definition) is 1. The van der Waals surface area contributed by atoms with E-state index in [0.29, 0.717) is 58.2 Å². The number of ether oxygens (including phenoxy) is 2. The van der Waals surface area contributed by atoms with Gasteiger partial charge in [0, 0.05) is 21.2 Å². The lowest BCUT2D eigenvalue weighted by atomic mass is 10.1. The molecule has 0 unspecified atom stereocenters. The van der Waals surface area contributed by atoms with Gasteiger partial charge in [-0.2, -0.15) is 5.10 Å². The van der Waals surface area contributed by atoms with Crippen LogP contribution in [0.1, 0.15) is 41.2 Å². The molecule has 0 aliphatic rings. The van der Waals surface area contributed by atoms with Crippen molar-refractivity contribution >= 4 is 34.8 Å². The molecule has 1 amide bonds. The first-order valence-corrected chi connectivity index (χ1v) is 10.8. The first-order chi connectivity index (χ1) is 14.8. The average molecular weight is 462 g/mol. The molecular weight excluding hydrogens is 437 g/mol. The van der Waals surface area contributed by atoms with Gasteiger partial charge in [0.25, 0.3) is 5.91 Å². The third kappa shape index (κ3) is 5.14. The molecule has 8 heteroatoms. The normalized spacial score (nSPS) is 10.8. The number of anilines is 1. The van der Waals surface area contributed by atoms with Crippen molar-refractivity contribution in [2.24, 2.45) is 0 Å². The molecule has 1 heterocycles. The number of nitrogens with zero attached hydrogens (tertiary/aromatic N) is 2. The Morgan fingerprint density at radius 1 is 1.03 bits per heavy atom. The zero-order chi connectivity index (χ0) is 22.5. The maximum atomic E-state index is 12.9. The number of aryl methyl sites for hydroxylation is 1. The number of nitrogens with one attached hydrogen (secondary N) is 1. The van der Waals surface area contributed by atoms with Crippen molar-refractivity contribution in [2.75, 3.05) is 18.5 Å². The number of aromatic nitrogens is 2. The van der Waals surface area contributed by atoms with Crippen LogP contribution in [0.2, 0.25) is 10.0 Å². The first-order valence-electron chi connectivity index (χ1n) is 10.0. The highest BCUT2D eigenvalue weighted by Gasteiger charge is 2.18. The van der Waals surface area contributed by atoms with Gasteiger partial charge in [-0.15, -0.1) is 0 Å². The number of amides is 1. The molecule has 3 rings (SSSR count). The third-order valence-corrected chi connectivity index (χ3v) is 5.50. The highest BCUT2D eigenvalue weighted by atomic mass is 35.5. The lowest BCUT2D eigenvalue weighted by Gasteiger charge is -2.13. The molecule has 0 aliphatic heterocycles. The fourth-order valence-corrected chi connectivity index (χ4v) is 3.76. The van der Waals surface area contributed by atoms with E-state index in [2.05, 4.69) is 10.4 Å². The molecule has 0 spiro atoms. The van der Waals surface area contributed by atoms with Crippen molar-refractivity contribution in [3.05, 3.63) is 69.0 Å². The van der Waals surface area contributed by atoms with E-state index in [1.165, 1.54) is 0 Å². The third-order valence-electron chi connectivity index (χ3n) is 4.80. The predicted molar refractivity (Wildman–Crippen MR) is 124 cm³/mol. The molecule has 6 nitrogen and oxygen atoms in total. The summed E-state index contributed by atoms with van der Waals surface area (Å²) < 4.78 is 13.0. The Kier molecular flexibility index (Phi) is 7.46. The molecular formula is C23H25Cl2N3O3. The number of halogens is 2. The van der Waals surface area contributed by atoms with E-state index in [4.69, 9.17) is 32.7 Å². The summed E-state index contributed by atoms with van der Waals surface area (Å²) >= 11 is 12.6. The van der Waals surface area contributed by atoms with Crippen molar-refractivity contribution < 1.29 is 14.3 Å². The van der Waals surface area contributed by atoms with E-state index < -0.39 is 0 Å². The lowest BCUT2D eigenvalue weighted by Crippen LogP contribution is -2.14. The summed E-state index contributed by atoms with van der Waals surface area (Å²) in [5.74, 6) is 0.887. The fraction of sp³-hybridized carbons (Fsp3) is 0.304. The Bertz CT molecular complexity index is 1080. The van der Waals surface area contributed by atoms with Gasteiger partial charge in [-0.1, -0.05) is 29.3 Å². The maximum Gasteiger partial charge on any atom is 0.255 e. The Labute approximate surface area is 192 Å². The van der Waals surface area contributed by atoms with Crippen molar-refractivity contribution in [2.45, 2.75) is 34.2 Å². The quantitative estimate of drug-likeness (QED) is 0.452. The molecule has 0 fully saturated rings. The summed E-state index contributed by atoms with van der Waals surface area (Å²) in [5.41, 5.74) is 3.40. The van der Waals surface area contributed by atoms with Gasteiger partial charge in [0.05, 0.1) is 36.8 Å². The minimum atomic E-state index is -0.259. The second kappa shape index (κ2) is 10.1. The van der Waals surface area contributed by atoms with E-state index in [9.17, 15) is 4.79 Å². The van der Waals surface area contributed by atoms with Gasteiger partial charge in [-0.25, -0.2) is 0 Å². The number of hydrogen-bond acceptors (Lipinski definition) is 4. The van der Waals surface area contributed by atoms with Gasteiger partial charge in [-0.3, -0.25) is 9.48 Å². The summed E-state index contributed by atoms with van der Waals surface area (Å²) in [6, 6.07) is 10.5. The van der Waals surface area contributed by atoms with Crippen LogP contribution in [0.3, 0.4) is 0 Å². The van der Waals surface area contributed by atoms with Crippen LogP contribution in [0.25, 0.3) is 0 Å². The summed E-state index contributed by atoms with van der Waals surface area (Å²) in [6.07, 6.45) is 0. The maximum absolute atomic E-state index is 12.9. The smallest absolute Gasteiger partial charge is 0.255 e. The molecule has 1 N–H and O–H groups in total. The predicted octanol–water partition coefficient (Wildman–Crippen LogP) is 5.90. The minimum Gasteiger partial charge on any atom is -0.490 e. The molecule has 0 radical (unpaired) electrons. The number of carbonyl (C=O) groups is 1. The SMILES string of the molecule is CCOc1ccc(C(=O)Nc2c(C)nn(Cc3c(Cl)cccc3Cl)c2C)cc1OCC. The van der Waals surface area contributed by atoms with Gasteiger partial charge in [-0.05, 0) is 58.0 Å². The number of carbonyl (C=O) groups excluding carboxylic acids is 1. The van der Waals surface area contributed by atoms with Crippen LogP contribution in [-0.2, 0) is 6.54 Å². The zero-order valence-corrected chi connectivity index (χ0v) is 19.5. The number of rotatable bonds is 8. The van der Waals surface area contributed by atoms with Crippen molar-refractivity contribution in [3.63, 3.8) is 0 Å². The molecule has 0 atom stereocenters. The Morgan fingerprint density at radius 2 is 1.68 bits per heavy atom. The zero-order valence-electron chi connectivity index (χ0n) is 18.0. The lowest BCUT2D eigenvalue weighted by molar-refractivity contribution is 0.102. The van der Waals surface area contributed by atoms with Crippen molar-refractivity contribution in [1.82, 2.24) is 9.78 Å². The summed E-state index contributed by atoms with van der Waals surface area (Å²) in [6.45, 7) is 8.91. The van der Waals surface area contributed by atoms with Gasteiger partial charge in [0.15, 0.2) is 11.5 Å². The second-order valence-corrected chi connectivity index (χ2v) is 7.70. The molecule has 31 heavy (non-hydrogen) atoms. The standard InChI is InChI=1S/C23H25Cl2N3O3/c1-5-30-20-11-10-16(12-21(20)31-6-2)23(29)26-22-14(3)27-28(15(22)4)13-17-18(24)8-7-9-19(17)25/h7-12H,5-6,13H2,1-4H3,(H,26,29). The van der Waals surface area contributed by atoms with Crippen LogP contribution >= 0.6 is 23.2 Å². The topological polar surface area (TPSA) is 65.4 Å². The average Bonchev–Trinajstić information content (AvgIpc) is 2.99. The van der Waals surface area contributed by atoms with Crippen LogP contribution in [-0.4, -0.2) is 28.9 Å². The molecule has 0 bridgehead atoms. The van der Waals surface area contributed by atoms with Crippen LogP contribution in [0.15, 0.2) is 36.4 Å². The van der Waals surface area contributed by atoms with Crippen LogP contribution in [0.5, 0.6) is 11.5 Å². The van der Waals surface area contributed by atoms with E-state index in [0.717, 1.165) is 11.3 Å². The molecule has 0 aliphatic carbocycles. The highest BCUT2D eigenvalue weighted by Crippen LogP contribution is 2.30. The van der Waals surface area contributed by atoms with Crippen LogP contribution in [0, 0.1) is 13.8 Å². The Hall–Kier alpha value is -2.70. The van der Waals surface area contributed by atoms with Gasteiger partial charge in [0.2, 0.25) is 0 Å². The van der Waals surface area contributed by atoms with Gasteiger partial charge >= 0.3 is 0 Å². The number of benzene rings is 2. The van der Waals surface area contributed by atoms with E-state index in [1.807, 2.05) is 27.7 Å². The van der Waals surface area contributed by atoms with Crippen molar-refractivity contribution in [3.8, 4) is 11.5 Å². The van der Waals surface area contributed by atoms with Crippen molar-refractivity contribution in [1.29, 1.82) is 0 Å². The highest BCUT2D eigenvalue weighted by molar-refractivity contribution is 6.36. The summed E-state index contributed by atoms with van der Waals surface area (Å²) in [5, 5.41) is 8.67. The molecule has 164 valence electrons. The minimum absolute atomic E-state index is 0.259. The van der Waals surface area contributed by atoms with E-state index >= 15 is 0 Å². The van der Waals surface area contributed by atoms with E-state index in [1.54, 1.807) is 41.1 Å². The van der Waals surface area contributed by atoms with E-state index in [-0.39, 0.29) is 5.91 Å². The van der Waals surface area contributed by atoms with Crippen LogP contribution in [0.4, 0.5) is 5.69 Å². The molecule has 0 saturated heterocycles. The van der Waals surface area contributed by atoms with Gasteiger partial charge < -0.3 is 14.8 Å². The Balaban J connectivity index is 1.85. The molecule has 2 aromatic carbocycles. The molecule has 1 aromatic heterocycles. The largest absolute Gasteiger partial charge is 0.490 e. The monoisotopic (exact) mass is 461 g/mol.